The van der Waals surface area contributed by atoms with E-state index in [1.165, 1.54) is 32.1 Å². The fourth-order valence-corrected chi connectivity index (χ4v) is 3.01. The van der Waals surface area contributed by atoms with Crippen LogP contribution in [0.25, 0.3) is 0 Å². The molecule has 0 aliphatic carbocycles. The normalized spacial score (nSPS) is 13.8. The van der Waals surface area contributed by atoms with E-state index in [9.17, 15) is 9.59 Å². The average molecular weight is 353 g/mol. The first-order valence-corrected chi connectivity index (χ1v) is 8.77. The number of nitrogens with zero attached hydrogens (tertiary/aromatic N) is 1. The Morgan fingerprint density at radius 1 is 0.846 bits per heavy atom. The van der Waals surface area contributed by atoms with Gasteiger partial charge in [-0.2, -0.15) is 0 Å². The maximum Gasteiger partial charge on any atom is 0.337 e. The van der Waals surface area contributed by atoms with E-state index in [1.807, 2.05) is 24.3 Å². The largest absolute Gasteiger partial charge is 0.465 e. The van der Waals surface area contributed by atoms with Crippen molar-refractivity contribution >= 4 is 29.1 Å². The number of ether oxygens (including phenoxy) is 1. The Balaban J connectivity index is 1.55. The summed E-state index contributed by atoms with van der Waals surface area (Å²) in [6.07, 6.45) is 3.77. The maximum absolute atomic E-state index is 12.1. The highest BCUT2D eigenvalue weighted by molar-refractivity contribution is 6.00. The van der Waals surface area contributed by atoms with Gasteiger partial charge in [0.1, 0.15) is 0 Å². The summed E-state index contributed by atoms with van der Waals surface area (Å²) in [4.78, 5) is 25.9. The van der Waals surface area contributed by atoms with Gasteiger partial charge in [-0.25, -0.2) is 9.59 Å². The molecule has 0 spiro atoms. The number of urea groups is 1. The van der Waals surface area contributed by atoms with Crippen LogP contribution >= 0.6 is 0 Å². The zero-order valence-electron chi connectivity index (χ0n) is 14.8. The number of esters is 1. The zero-order valence-corrected chi connectivity index (χ0v) is 14.8. The van der Waals surface area contributed by atoms with Gasteiger partial charge < -0.3 is 20.3 Å². The number of hydrogen-bond acceptors (Lipinski definition) is 4. The molecule has 1 heterocycles. The number of methoxy groups -OCH3 is 1. The van der Waals surface area contributed by atoms with Crippen LogP contribution in [0.5, 0.6) is 0 Å². The van der Waals surface area contributed by atoms with E-state index in [1.54, 1.807) is 24.3 Å². The fourth-order valence-electron chi connectivity index (χ4n) is 3.01. The van der Waals surface area contributed by atoms with Crippen LogP contribution in [0.3, 0.4) is 0 Å². The van der Waals surface area contributed by atoms with E-state index in [4.69, 9.17) is 0 Å². The first-order chi connectivity index (χ1) is 12.7. The van der Waals surface area contributed by atoms with Crippen molar-refractivity contribution in [2.24, 2.45) is 0 Å². The number of piperidine rings is 1. The van der Waals surface area contributed by atoms with E-state index in [2.05, 4.69) is 20.3 Å². The lowest BCUT2D eigenvalue weighted by molar-refractivity contribution is 0.0601. The van der Waals surface area contributed by atoms with Crippen LogP contribution in [-0.4, -0.2) is 32.2 Å². The van der Waals surface area contributed by atoms with Crippen molar-refractivity contribution in [3.8, 4) is 0 Å². The Morgan fingerprint density at radius 3 is 1.92 bits per heavy atom. The first-order valence-electron chi connectivity index (χ1n) is 8.77. The third kappa shape index (κ3) is 4.53. The molecule has 0 bridgehead atoms. The van der Waals surface area contributed by atoms with Crippen LogP contribution in [0.4, 0.5) is 21.9 Å². The van der Waals surface area contributed by atoms with Crippen LogP contribution in [0.15, 0.2) is 48.5 Å². The van der Waals surface area contributed by atoms with Crippen LogP contribution < -0.4 is 15.5 Å². The lowest BCUT2D eigenvalue weighted by Crippen LogP contribution is -2.29. The van der Waals surface area contributed by atoms with Gasteiger partial charge in [0, 0.05) is 30.2 Å². The molecule has 6 heteroatoms. The number of anilines is 3. The molecular formula is C20H23N3O3. The molecule has 0 saturated carbocycles. The molecule has 2 aromatic carbocycles. The second kappa shape index (κ2) is 8.38. The summed E-state index contributed by atoms with van der Waals surface area (Å²) in [5, 5.41) is 5.55. The van der Waals surface area contributed by atoms with Gasteiger partial charge in [-0.1, -0.05) is 0 Å². The van der Waals surface area contributed by atoms with Crippen molar-refractivity contribution in [1.82, 2.24) is 0 Å². The predicted octanol–water partition coefficient (Wildman–Crippen LogP) is 4.11. The molecule has 0 unspecified atom stereocenters. The number of amides is 2. The highest BCUT2D eigenvalue weighted by atomic mass is 16.5. The average Bonchev–Trinajstić information content (AvgIpc) is 2.69. The second-order valence-electron chi connectivity index (χ2n) is 6.24. The Morgan fingerprint density at radius 2 is 1.38 bits per heavy atom. The zero-order chi connectivity index (χ0) is 18.4. The number of carbonyl (C=O) groups excluding carboxylic acids is 2. The molecule has 0 radical (unpaired) electrons. The summed E-state index contributed by atoms with van der Waals surface area (Å²) >= 11 is 0. The predicted molar refractivity (Wildman–Crippen MR) is 103 cm³/mol. The van der Waals surface area contributed by atoms with E-state index in [0.717, 1.165) is 18.8 Å². The molecule has 0 atom stereocenters. The Bertz CT molecular complexity index is 751. The number of hydrogen-bond donors (Lipinski definition) is 2. The molecule has 0 aromatic heterocycles. The minimum absolute atomic E-state index is 0.332. The summed E-state index contributed by atoms with van der Waals surface area (Å²) in [5.74, 6) is -0.408. The van der Waals surface area contributed by atoms with Gasteiger partial charge in [0.2, 0.25) is 0 Å². The summed E-state index contributed by atoms with van der Waals surface area (Å²) in [7, 11) is 1.33. The minimum Gasteiger partial charge on any atom is -0.465 e. The molecule has 1 fully saturated rings. The topological polar surface area (TPSA) is 70.7 Å². The van der Waals surface area contributed by atoms with Gasteiger partial charge >= 0.3 is 12.0 Å². The fraction of sp³-hybridized carbons (Fsp3) is 0.300. The molecule has 1 aliphatic rings. The smallest absolute Gasteiger partial charge is 0.337 e. The van der Waals surface area contributed by atoms with Gasteiger partial charge in [0.05, 0.1) is 12.7 Å². The lowest BCUT2D eigenvalue weighted by Gasteiger charge is -2.28. The monoisotopic (exact) mass is 353 g/mol. The molecule has 136 valence electrons. The van der Waals surface area contributed by atoms with Crippen molar-refractivity contribution in [3.05, 3.63) is 54.1 Å². The van der Waals surface area contributed by atoms with Crippen LogP contribution in [-0.2, 0) is 4.74 Å². The lowest BCUT2D eigenvalue weighted by atomic mass is 10.1. The van der Waals surface area contributed by atoms with E-state index in [-0.39, 0.29) is 6.03 Å². The molecule has 1 aliphatic heterocycles. The molecular weight excluding hydrogens is 330 g/mol. The molecule has 2 N–H and O–H groups in total. The number of rotatable bonds is 4. The maximum atomic E-state index is 12.1. The van der Waals surface area contributed by atoms with Crippen molar-refractivity contribution in [3.63, 3.8) is 0 Å². The Kier molecular flexibility index (Phi) is 5.73. The number of nitrogens with one attached hydrogen (secondary N) is 2. The highest BCUT2D eigenvalue weighted by Crippen LogP contribution is 2.22. The first kappa shape index (κ1) is 17.8. The number of benzene rings is 2. The standard InChI is InChI=1S/C20H23N3O3/c1-26-19(24)15-5-7-16(8-6-15)21-20(25)22-17-9-11-18(12-10-17)23-13-3-2-4-14-23/h5-12H,2-4,13-14H2,1H3,(H2,21,22,25). The van der Waals surface area contributed by atoms with Crippen LogP contribution in [0, 0.1) is 0 Å². The Hall–Kier alpha value is -3.02. The minimum atomic E-state index is -0.408. The van der Waals surface area contributed by atoms with E-state index >= 15 is 0 Å². The van der Waals surface area contributed by atoms with E-state index < -0.39 is 5.97 Å². The van der Waals surface area contributed by atoms with Gasteiger partial charge in [-0.3, -0.25) is 0 Å². The van der Waals surface area contributed by atoms with Crippen LogP contribution in [0.2, 0.25) is 0 Å². The molecule has 1 saturated heterocycles. The molecule has 26 heavy (non-hydrogen) atoms. The SMILES string of the molecule is COC(=O)c1ccc(NC(=O)Nc2ccc(N3CCCCC3)cc2)cc1. The van der Waals surface area contributed by atoms with Crippen LogP contribution in [0.1, 0.15) is 29.6 Å². The number of carbonyl (C=O) groups is 2. The van der Waals surface area contributed by atoms with Gasteiger partial charge in [0.25, 0.3) is 0 Å². The summed E-state index contributed by atoms with van der Waals surface area (Å²) in [6, 6.07) is 14.1. The van der Waals surface area contributed by atoms with Gasteiger partial charge in [0.15, 0.2) is 0 Å². The van der Waals surface area contributed by atoms with Crippen molar-refractivity contribution in [1.29, 1.82) is 0 Å². The molecule has 2 amide bonds. The summed E-state index contributed by atoms with van der Waals surface area (Å²) in [5.41, 5.74) is 2.95. The van der Waals surface area contributed by atoms with Gasteiger partial charge in [-0.15, -0.1) is 0 Å². The van der Waals surface area contributed by atoms with Crippen molar-refractivity contribution < 1.29 is 14.3 Å². The molecule has 2 aromatic rings. The van der Waals surface area contributed by atoms with E-state index in [0.29, 0.717) is 11.3 Å². The van der Waals surface area contributed by atoms with Crippen molar-refractivity contribution in [2.45, 2.75) is 19.3 Å². The summed E-state index contributed by atoms with van der Waals surface area (Å²) in [6.45, 7) is 2.18. The second-order valence-corrected chi connectivity index (χ2v) is 6.24. The highest BCUT2D eigenvalue weighted by Gasteiger charge is 2.11. The Labute approximate surface area is 153 Å². The summed E-state index contributed by atoms with van der Waals surface area (Å²) < 4.78 is 4.65. The third-order valence-corrected chi connectivity index (χ3v) is 4.41. The van der Waals surface area contributed by atoms with Crippen molar-refractivity contribution in [2.75, 3.05) is 35.7 Å². The van der Waals surface area contributed by atoms with Gasteiger partial charge in [-0.05, 0) is 67.8 Å². The molecule has 3 rings (SSSR count). The third-order valence-electron chi connectivity index (χ3n) is 4.41. The molecule has 6 nitrogen and oxygen atoms in total. The quantitative estimate of drug-likeness (QED) is 0.812.